The van der Waals surface area contributed by atoms with E-state index in [9.17, 15) is 9.59 Å². The second-order valence-electron chi connectivity index (χ2n) is 5.87. The van der Waals surface area contributed by atoms with E-state index in [4.69, 9.17) is 5.11 Å². The van der Waals surface area contributed by atoms with Crippen molar-refractivity contribution in [1.29, 1.82) is 0 Å². The first kappa shape index (κ1) is 13.9. The highest BCUT2D eigenvalue weighted by Gasteiger charge is 2.38. The summed E-state index contributed by atoms with van der Waals surface area (Å²) in [5.41, 5.74) is 2.94. The standard InChI is InChI=1S/C16H20N2O3/c1-10-13(16(20)21)6-8-18(10)15(19)12-4-5-14-11(9-12)3-2-7-17-14/h4-5,9-10,13,17H,2-3,6-8H2,1H3,(H,20,21). The van der Waals surface area contributed by atoms with E-state index in [0.29, 0.717) is 18.5 Å². The molecule has 0 aromatic heterocycles. The summed E-state index contributed by atoms with van der Waals surface area (Å²) in [6, 6.07) is 5.49. The third kappa shape index (κ3) is 2.48. The third-order valence-electron chi connectivity index (χ3n) is 4.62. The summed E-state index contributed by atoms with van der Waals surface area (Å²) in [7, 11) is 0. The molecule has 2 N–H and O–H groups in total. The van der Waals surface area contributed by atoms with Crippen molar-refractivity contribution in [2.75, 3.05) is 18.4 Å². The molecule has 5 nitrogen and oxygen atoms in total. The minimum Gasteiger partial charge on any atom is -0.481 e. The van der Waals surface area contributed by atoms with Gasteiger partial charge in [0.25, 0.3) is 5.91 Å². The van der Waals surface area contributed by atoms with E-state index in [1.807, 2.05) is 25.1 Å². The van der Waals surface area contributed by atoms with E-state index in [0.717, 1.165) is 25.1 Å². The monoisotopic (exact) mass is 288 g/mol. The molecule has 1 fully saturated rings. The van der Waals surface area contributed by atoms with Crippen LogP contribution in [0.25, 0.3) is 0 Å². The van der Waals surface area contributed by atoms with Gasteiger partial charge in [-0.1, -0.05) is 0 Å². The first-order valence-corrected chi connectivity index (χ1v) is 7.48. The number of nitrogens with one attached hydrogen (secondary N) is 1. The van der Waals surface area contributed by atoms with Gasteiger partial charge >= 0.3 is 5.97 Å². The number of carboxylic acids is 1. The van der Waals surface area contributed by atoms with Crippen LogP contribution in [-0.4, -0.2) is 41.0 Å². The Morgan fingerprint density at radius 2 is 2.19 bits per heavy atom. The van der Waals surface area contributed by atoms with Gasteiger partial charge in [0.2, 0.25) is 0 Å². The molecule has 2 aliphatic rings. The number of likely N-dealkylation sites (tertiary alicyclic amines) is 1. The molecule has 1 aromatic rings. The van der Waals surface area contributed by atoms with Gasteiger partial charge in [-0.15, -0.1) is 0 Å². The zero-order valence-corrected chi connectivity index (χ0v) is 12.1. The number of nitrogens with zero attached hydrogens (tertiary/aromatic N) is 1. The molecule has 0 saturated carbocycles. The van der Waals surface area contributed by atoms with E-state index < -0.39 is 11.9 Å². The van der Waals surface area contributed by atoms with Crippen LogP contribution >= 0.6 is 0 Å². The molecule has 2 atom stereocenters. The first-order valence-electron chi connectivity index (χ1n) is 7.48. The van der Waals surface area contributed by atoms with Crippen molar-refractivity contribution in [3.05, 3.63) is 29.3 Å². The summed E-state index contributed by atoms with van der Waals surface area (Å²) in [6.45, 7) is 3.32. The number of carbonyl (C=O) groups is 2. The highest BCUT2D eigenvalue weighted by molar-refractivity contribution is 5.95. The number of amides is 1. The molecule has 0 aliphatic carbocycles. The zero-order valence-electron chi connectivity index (χ0n) is 12.1. The van der Waals surface area contributed by atoms with Crippen molar-refractivity contribution in [3.8, 4) is 0 Å². The second kappa shape index (κ2) is 5.39. The molecular weight excluding hydrogens is 268 g/mol. The van der Waals surface area contributed by atoms with Crippen LogP contribution in [0.15, 0.2) is 18.2 Å². The molecule has 112 valence electrons. The van der Waals surface area contributed by atoms with Gasteiger partial charge < -0.3 is 15.3 Å². The highest BCUT2D eigenvalue weighted by Crippen LogP contribution is 2.28. The van der Waals surface area contributed by atoms with Crippen LogP contribution in [-0.2, 0) is 11.2 Å². The Labute approximate surface area is 123 Å². The number of rotatable bonds is 2. The lowest BCUT2D eigenvalue weighted by atomic mass is 9.99. The van der Waals surface area contributed by atoms with Crippen LogP contribution < -0.4 is 5.32 Å². The fourth-order valence-electron chi connectivity index (χ4n) is 3.33. The molecule has 1 aromatic carbocycles. The van der Waals surface area contributed by atoms with E-state index in [-0.39, 0.29) is 11.9 Å². The number of fused-ring (bicyclic) bond motifs is 1. The Balaban J connectivity index is 1.81. The SMILES string of the molecule is CC1C(C(=O)O)CCN1C(=O)c1ccc2c(c1)CCCN2. The Morgan fingerprint density at radius 3 is 2.90 bits per heavy atom. The number of aryl methyl sites for hydroxylation is 1. The topological polar surface area (TPSA) is 69.6 Å². The van der Waals surface area contributed by atoms with Crippen LogP contribution in [0.3, 0.4) is 0 Å². The van der Waals surface area contributed by atoms with Crippen molar-refractivity contribution in [2.45, 2.75) is 32.2 Å². The number of aliphatic carboxylic acids is 1. The van der Waals surface area contributed by atoms with Gasteiger partial charge in [-0.25, -0.2) is 0 Å². The molecular formula is C16H20N2O3. The summed E-state index contributed by atoms with van der Waals surface area (Å²) >= 11 is 0. The Morgan fingerprint density at radius 1 is 1.38 bits per heavy atom. The number of hydrogen-bond donors (Lipinski definition) is 2. The normalized spacial score (nSPS) is 24.3. The van der Waals surface area contributed by atoms with Gasteiger partial charge in [0.1, 0.15) is 0 Å². The van der Waals surface area contributed by atoms with Gasteiger partial charge in [-0.05, 0) is 49.9 Å². The summed E-state index contributed by atoms with van der Waals surface area (Å²) in [5, 5.41) is 12.5. The molecule has 2 aliphatic heterocycles. The second-order valence-corrected chi connectivity index (χ2v) is 5.87. The van der Waals surface area contributed by atoms with Crippen molar-refractivity contribution < 1.29 is 14.7 Å². The van der Waals surface area contributed by atoms with Gasteiger partial charge in [0, 0.05) is 30.4 Å². The van der Waals surface area contributed by atoms with E-state index in [1.165, 1.54) is 5.56 Å². The lowest BCUT2D eigenvalue weighted by Crippen LogP contribution is -2.37. The quantitative estimate of drug-likeness (QED) is 0.873. The Bertz CT molecular complexity index is 585. The average molecular weight is 288 g/mol. The van der Waals surface area contributed by atoms with E-state index in [1.54, 1.807) is 4.90 Å². The summed E-state index contributed by atoms with van der Waals surface area (Å²) in [6.07, 6.45) is 2.59. The molecule has 1 saturated heterocycles. The first-order chi connectivity index (χ1) is 10.1. The van der Waals surface area contributed by atoms with Crippen molar-refractivity contribution in [1.82, 2.24) is 4.90 Å². The Hall–Kier alpha value is -2.04. The molecule has 21 heavy (non-hydrogen) atoms. The molecule has 0 spiro atoms. The maximum atomic E-state index is 12.6. The Kier molecular flexibility index (Phi) is 3.57. The van der Waals surface area contributed by atoms with Crippen LogP contribution in [0.4, 0.5) is 5.69 Å². The fraction of sp³-hybridized carbons (Fsp3) is 0.500. The van der Waals surface area contributed by atoms with Crippen LogP contribution in [0.1, 0.15) is 35.7 Å². The van der Waals surface area contributed by atoms with Crippen LogP contribution in [0.5, 0.6) is 0 Å². The predicted octanol–water partition coefficient (Wildman–Crippen LogP) is 1.98. The molecule has 0 radical (unpaired) electrons. The smallest absolute Gasteiger partial charge is 0.308 e. The number of carboxylic acid groups (broad SMARTS) is 1. The minimum absolute atomic E-state index is 0.0559. The third-order valence-corrected chi connectivity index (χ3v) is 4.62. The van der Waals surface area contributed by atoms with Crippen LogP contribution in [0, 0.1) is 5.92 Å². The van der Waals surface area contributed by atoms with Gasteiger partial charge in [0.05, 0.1) is 5.92 Å². The predicted molar refractivity (Wildman–Crippen MR) is 79.5 cm³/mol. The summed E-state index contributed by atoms with van der Waals surface area (Å²) < 4.78 is 0. The molecule has 5 heteroatoms. The number of benzene rings is 1. The lowest BCUT2D eigenvalue weighted by Gasteiger charge is -2.24. The molecule has 2 unspecified atom stereocenters. The maximum absolute atomic E-state index is 12.6. The summed E-state index contributed by atoms with van der Waals surface area (Å²) in [4.78, 5) is 25.5. The lowest BCUT2D eigenvalue weighted by molar-refractivity contribution is -0.142. The molecule has 0 bridgehead atoms. The molecule has 1 amide bonds. The van der Waals surface area contributed by atoms with Crippen LogP contribution in [0.2, 0.25) is 0 Å². The molecule has 2 heterocycles. The average Bonchev–Trinajstić information content (AvgIpc) is 2.88. The van der Waals surface area contributed by atoms with Crippen molar-refractivity contribution in [3.63, 3.8) is 0 Å². The van der Waals surface area contributed by atoms with E-state index >= 15 is 0 Å². The number of anilines is 1. The van der Waals surface area contributed by atoms with Gasteiger partial charge in [-0.2, -0.15) is 0 Å². The van der Waals surface area contributed by atoms with Gasteiger partial charge in [-0.3, -0.25) is 9.59 Å². The zero-order chi connectivity index (χ0) is 15.0. The highest BCUT2D eigenvalue weighted by atomic mass is 16.4. The largest absolute Gasteiger partial charge is 0.481 e. The van der Waals surface area contributed by atoms with E-state index in [2.05, 4.69) is 5.32 Å². The fourth-order valence-corrected chi connectivity index (χ4v) is 3.33. The van der Waals surface area contributed by atoms with Crippen molar-refractivity contribution in [2.24, 2.45) is 5.92 Å². The number of hydrogen-bond acceptors (Lipinski definition) is 3. The minimum atomic E-state index is -0.813. The van der Waals surface area contributed by atoms with Gasteiger partial charge in [0.15, 0.2) is 0 Å². The maximum Gasteiger partial charge on any atom is 0.308 e. The van der Waals surface area contributed by atoms with Crippen molar-refractivity contribution >= 4 is 17.6 Å². The summed E-state index contributed by atoms with van der Waals surface area (Å²) in [5.74, 6) is -1.32. The molecule has 3 rings (SSSR count). The number of carbonyl (C=O) groups excluding carboxylic acids is 1.